The van der Waals surface area contributed by atoms with E-state index in [0.717, 1.165) is 72.6 Å². The molecule has 0 aliphatic carbocycles. The number of aromatic nitrogens is 4. The lowest BCUT2D eigenvalue weighted by Gasteiger charge is -2.40. The van der Waals surface area contributed by atoms with Gasteiger partial charge in [-0.15, -0.1) is 5.10 Å². The van der Waals surface area contributed by atoms with Crippen molar-refractivity contribution in [2.75, 3.05) is 44.3 Å². The van der Waals surface area contributed by atoms with Crippen LogP contribution in [-0.4, -0.2) is 76.0 Å². The van der Waals surface area contributed by atoms with Gasteiger partial charge in [0.05, 0.1) is 35.7 Å². The first-order chi connectivity index (χ1) is 17.0. The number of aryl methyl sites for hydroxylation is 2. The number of amides is 1. The van der Waals surface area contributed by atoms with Gasteiger partial charge in [-0.05, 0) is 38.8 Å². The first-order valence-corrected chi connectivity index (χ1v) is 12.6. The zero-order valence-corrected chi connectivity index (χ0v) is 20.4. The zero-order chi connectivity index (χ0) is 24.0. The van der Waals surface area contributed by atoms with Crippen LogP contribution in [0, 0.1) is 19.8 Å². The molecule has 9 heteroatoms. The molecule has 9 nitrogen and oxygen atoms in total. The highest BCUT2D eigenvalue weighted by Crippen LogP contribution is 2.34. The number of carbonyl (C=O) groups excluding carboxylic acids is 1. The summed E-state index contributed by atoms with van der Waals surface area (Å²) in [4.78, 5) is 17.5. The molecule has 35 heavy (non-hydrogen) atoms. The number of rotatable bonds is 3. The molecule has 1 aromatic carbocycles. The minimum Gasteiger partial charge on any atom is -0.353 e. The van der Waals surface area contributed by atoms with Crippen LogP contribution >= 0.6 is 0 Å². The molecular formula is C26H32N6O3. The fraction of sp³-hybridized carbons (Fsp3) is 0.538. The maximum absolute atomic E-state index is 13.2. The van der Waals surface area contributed by atoms with E-state index in [9.17, 15) is 4.79 Å². The van der Waals surface area contributed by atoms with Crippen molar-refractivity contribution in [3.05, 3.63) is 41.7 Å². The Morgan fingerprint density at radius 1 is 0.971 bits per heavy atom. The molecule has 3 fully saturated rings. The van der Waals surface area contributed by atoms with Crippen LogP contribution in [0.3, 0.4) is 0 Å². The van der Waals surface area contributed by atoms with E-state index < -0.39 is 5.79 Å². The van der Waals surface area contributed by atoms with Crippen LogP contribution in [-0.2, 0) is 14.3 Å². The average molecular weight is 477 g/mol. The Kier molecular flexibility index (Phi) is 5.69. The molecule has 0 radical (unpaired) electrons. The highest BCUT2D eigenvalue weighted by molar-refractivity contribution is 5.92. The number of likely N-dealkylation sites (tertiary alicyclic amines) is 1. The molecule has 0 atom stereocenters. The summed E-state index contributed by atoms with van der Waals surface area (Å²) in [6.07, 6.45) is 3.14. The van der Waals surface area contributed by atoms with Crippen molar-refractivity contribution in [1.82, 2.24) is 24.9 Å². The molecular weight excluding hydrogens is 444 g/mol. The molecule has 1 amide bonds. The third-order valence-corrected chi connectivity index (χ3v) is 7.78. The van der Waals surface area contributed by atoms with Crippen LogP contribution < -0.4 is 4.90 Å². The summed E-state index contributed by atoms with van der Waals surface area (Å²) in [5, 5.41) is 15.0. The van der Waals surface area contributed by atoms with Crippen LogP contribution in [0.2, 0.25) is 0 Å². The predicted molar refractivity (Wildman–Crippen MR) is 132 cm³/mol. The Balaban J connectivity index is 1.17. The fourth-order valence-corrected chi connectivity index (χ4v) is 5.80. The maximum Gasteiger partial charge on any atom is 0.225 e. The molecule has 2 aromatic heterocycles. The zero-order valence-electron chi connectivity index (χ0n) is 20.4. The highest BCUT2D eigenvalue weighted by atomic mass is 16.7. The minimum absolute atomic E-state index is 0.0447. The molecule has 3 aliphatic heterocycles. The lowest BCUT2D eigenvalue weighted by Crippen LogP contribution is -2.50. The average Bonchev–Trinajstić information content (AvgIpc) is 3.50. The van der Waals surface area contributed by atoms with E-state index >= 15 is 0 Å². The molecule has 3 aliphatic rings. The highest BCUT2D eigenvalue weighted by Gasteiger charge is 2.42. The molecule has 184 valence electrons. The predicted octanol–water partition coefficient (Wildman–Crippen LogP) is 3.01. The van der Waals surface area contributed by atoms with Crippen LogP contribution in [0.5, 0.6) is 0 Å². The molecule has 1 spiro atoms. The molecule has 3 saturated heterocycles. The van der Waals surface area contributed by atoms with E-state index in [1.165, 1.54) is 0 Å². The number of nitrogens with zero attached hydrogens (tertiary/aromatic N) is 6. The largest absolute Gasteiger partial charge is 0.353 e. The second-order valence-electron chi connectivity index (χ2n) is 9.86. The summed E-state index contributed by atoms with van der Waals surface area (Å²) >= 11 is 0. The first kappa shape index (κ1) is 22.4. The lowest BCUT2D eigenvalue weighted by atomic mass is 9.93. The number of ether oxygens (including phenoxy) is 2. The van der Waals surface area contributed by atoms with E-state index in [2.05, 4.69) is 34.2 Å². The number of para-hydroxylation sites is 1. The third-order valence-electron chi connectivity index (χ3n) is 7.78. The van der Waals surface area contributed by atoms with Gasteiger partial charge in [0.25, 0.3) is 0 Å². The Hall–Kier alpha value is -3.04. The van der Waals surface area contributed by atoms with E-state index in [-0.39, 0.29) is 11.8 Å². The van der Waals surface area contributed by atoms with Gasteiger partial charge in [-0.2, -0.15) is 10.2 Å². The summed E-state index contributed by atoms with van der Waals surface area (Å²) in [6.45, 7) is 8.33. The van der Waals surface area contributed by atoms with Crippen molar-refractivity contribution in [2.45, 2.75) is 45.3 Å². The normalized spacial score (nSPS) is 20.7. The monoisotopic (exact) mass is 476 g/mol. The summed E-state index contributed by atoms with van der Waals surface area (Å²) in [7, 11) is 0. The minimum atomic E-state index is -0.448. The van der Waals surface area contributed by atoms with Gasteiger partial charge < -0.3 is 19.3 Å². The van der Waals surface area contributed by atoms with Crippen LogP contribution in [0.1, 0.15) is 37.1 Å². The van der Waals surface area contributed by atoms with Crippen LogP contribution in [0.25, 0.3) is 16.6 Å². The van der Waals surface area contributed by atoms with Crippen molar-refractivity contribution in [3.8, 4) is 5.69 Å². The number of anilines is 1. The van der Waals surface area contributed by atoms with Crippen molar-refractivity contribution in [3.63, 3.8) is 0 Å². The molecule has 6 rings (SSSR count). The molecule has 5 heterocycles. The first-order valence-electron chi connectivity index (χ1n) is 12.6. The van der Waals surface area contributed by atoms with E-state index in [1.54, 1.807) is 0 Å². The Labute approximate surface area is 205 Å². The van der Waals surface area contributed by atoms with Gasteiger partial charge in [-0.3, -0.25) is 4.79 Å². The van der Waals surface area contributed by atoms with Gasteiger partial charge in [0.2, 0.25) is 5.91 Å². The second-order valence-corrected chi connectivity index (χ2v) is 9.86. The Morgan fingerprint density at radius 3 is 2.34 bits per heavy atom. The topological polar surface area (TPSA) is 85.6 Å². The van der Waals surface area contributed by atoms with E-state index in [0.29, 0.717) is 26.3 Å². The van der Waals surface area contributed by atoms with E-state index in [4.69, 9.17) is 14.6 Å². The SMILES string of the molecule is Cc1nnc(N2CCC(C(=O)N3CCC4(CC3)OCCO4)CC2)c2nn(-c3ccccc3)c(C)c12. The smallest absolute Gasteiger partial charge is 0.225 e. The van der Waals surface area contributed by atoms with Gasteiger partial charge in [-0.1, -0.05) is 18.2 Å². The Bertz CT molecular complexity index is 1220. The van der Waals surface area contributed by atoms with Gasteiger partial charge in [0, 0.05) is 44.9 Å². The number of fused-ring (bicyclic) bond motifs is 1. The van der Waals surface area contributed by atoms with Crippen molar-refractivity contribution in [1.29, 1.82) is 0 Å². The summed E-state index contributed by atoms with van der Waals surface area (Å²) < 4.78 is 13.6. The number of hydrogen-bond acceptors (Lipinski definition) is 7. The van der Waals surface area contributed by atoms with Gasteiger partial charge in [0.15, 0.2) is 11.6 Å². The molecule has 0 unspecified atom stereocenters. The quantitative estimate of drug-likeness (QED) is 0.574. The molecule has 0 N–H and O–H groups in total. The maximum atomic E-state index is 13.2. The van der Waals surface area contributed by atoms with Crippen molar-refractivity contribution in [2.24, 2.45) is 5.92 Å². The van der Waals surface area contributed by atoms with Crippen LogP contribution in [0.15, 0.2) is 30.3 Å². The fourth-order valence-electron chi connectivity index (χ4n) is 5.80. The Morgan fingerprint density at radius 2 is 1.66 bits per heavy atom. The number of hydrogen-bond donors (Lipinski definition) is 0. The lowest BCUT2D eigenvalue weighted by molar-refractivity contribution is -0.188. The molecule has 0 saturated carbocycles. The van der Waals surface area contributed by atoms with E-state index in [1.807, 2.05) is 34.7 Å². The van der Waals surface area contributed by atoms with Crippen LogP contribution in [0.4, 0.5) is 5.82 Å². The van der Waals surface area contributed by atoms with Gasteiger partial charge in [0.1, 0.15) is 5.52 Å². The number of benzene rings is 1. The van der Waals surface area contributed by atoms with Crippen molar-refractivity contribution < 1.29 is 14.3 Å². The molecule has 3 aromatic rings. The number of carbonyl (C=O) groups is 1. The molecule has 0 bridgehead atoms. The summed E-state index contributed by atoms with van der Waals surface area (Å²) in [6, 6.07) is 10.1. The van der Waals surface area contributed by atoms with Crippen molar-refractivity contribution >= 4 is 22.6 Å². The van der Waals surface area contributed by atoms with Gasteiger partial charge >= 0.3 is 0 Å². The standard InChI is InChI=1S/C26H32N6O3/c1-18-22-19(2)32(21-6-4-3-5-7-21)29-23(22)24(28-27-18)30-12-8-20(9-13-30)25(33)31-14-10-26(11-15-31)34-16-17-35-26/h3-7,20H,8-17H2,1-2H3. The second kappa shape index (κ2) is 8.87. The summed E-state index contributed by atoms with van der Waals surface area (Å²) in [5.41, 5.74) is 3.84. The van der Waals surface area contributed by atoms with Gasteiger partial charge in [-0.25, -0.2) is 4.68 Å². The number of piperidine rings is 2. The third kappa shape index (κ3) is 3.96. The summed E-state index contributed by atoms with van der Waals surface area (Å²) in [5.74, 6) is 0.673.